The third-order valence-corrected chi connectivity index (χ3v) is 3.81. The number of amides is 1. The number of carboxylic acids is 1. The first-order valence-corrected chi connectivity index (χ1v) is 7.35. The number of ether oxygens (including phenoxy) is 1. The normalized spacial score (nSPS) is 16.7. The van der Waals surface area contributed by atoms with Crippen LogP contribution in [-0.2, 0) is 9.59 Å². The van der Waals surface area contributed by atoms with Gasteiger partial charge in [0, 0.05) is 6.04 Å². The third-order valence-electron chi connectivity index (χ3n) is 3.51. The molecule has 120 valence electrons. The van der Waals surface area contributed by atoms with Crippen LogP contribution in [0.5, 0.6) is 5.75 Å². The quantitative estimate of drug-likeness (QED) is 0.871. The number of rotatable bonds is 6. The largest absolute Gasteiger partial charge is 0.480 e. The molecule has 0 spiro atoms. The van der Waals surface area contributed by atoms with Gasteiger partial charge in [-0.1, -0.05) is 11.6 Å². The van der Waals surface area contributed by atoms with Crippen molar-refractivity contribution in [2.24, 2.45) is 0 Å². The van der Waals surface area contributed by atoms with Gasteiger partial charge in [-0.05, 0) is 44.9 Å². The zero-order valence-corrected chi connectivity index (χ0v) is 13.0. The minimum Gasteiger partial charge on any atom is -0.480 e. The molecule has 0 radical (unpaired) electrons. The first-order chi connectivity index (χ1) is 10.3. The Kier molecular flexibility index (Phi) is 4.90. The molecule has 1 aliphatic carbocycles. The molecular weight excluding hydrogens is 313 g/mol. The number of halogens is 2. The fourth-order valence-electron chi connectivity index (χ4n) is 2.18. The highest BCUT2D eigenvalue weighted by Crippen LogP contribution is 2.31. The average molecular weight is 330 g/mol. The Morgan fingerprint density at radius 3 is 2.55 bits per heavy atom. The topological polar surface area (TPSA) is 66.8 Å². The smallest absolute Gasteiger partial charge is 0.326 e. The molecule has 2 rings (SSSR count). The summed E-state index contributed by atoms with van der Waals surface area (Å²) in [5.74, 6) is -1.80. The molecule has 1 N–H and O–H groups in total. The molecule has 1 amide bonds. The van der Waals surface area contributed by atoms with Crippen LogP contribution in [0.3, 0.4) is 0 Å². The molecule has 1 aliphatic rings. The van der Waals surface area contributed by atoms with Crippen molar-refractivity contribution < 1.29 is 23.8 Å². The van der Waals surface area contributed by atoms with Gasteiger partial charge in [-0.2, -0.15) is 0 Å². The van der Waals surface area contributed by atoms with Crippen molar-refractivity contribution in [2.45, 2.75) is 44.9 Å². The molecule has 1 fully saturated rings. The van der Waals surface area contributed by atoms with Crippen LogP contribution in [0.15, 0.2) is 18.2 Å². The summed E-state index contributed by atoms with van der Waals surface area (Å²) in [6.45, 7) is 2.99. The number of nitrogens with zero attached hydrogens (tertiary/aromatic N) is 1. The van der Waals surface area contributed by atoms with Gasteiger partial charge in [0.05, 0.1) is 5.02 Å². The lowest BCUT2D eigenvalue weighted by Crippen LogP contribution is -2.49. The SMILES string of the molecule is CC(Oc1ccc(F)cc1Cl)C(=O)N(C1CC1)C(C)C(=O)O. The average Bonchev–Trinajstić information content (AvgIpc) is 3.26. The first kappa shape index (κ1) is 16.5. The molecule has 1 aromatic carbocycles. The number of carboxylic acid groups (broad SMARTS) is 1. The van der Waals surface area contributed by atoms with Gasteiger partial charge in [-0.15, -0.1) is 0 Å². The Labute approximate surface area is 132 Å². The maximum atomic E-state index is 13.0. The van der Waals surface area contributed by atoms with Gasteiger partial charge >= 0.3 is 5.97 Å². The summed E-state index contributed by atoms with van der Waals surface area (Å²) in [5, 5.41) is 9.19. The highest BCUT2D eigenvalue weighted by Gasteiger charge is 2.40. The molecule has 7 heteroatoms. The molecule has 0 heterocycles. The van der Waals surface area contributed by atoms with E-state index in [1.807, 2.05) is 0 Å². The van der Waals surface area contributed by atoms with E-state index in [1.54, 1.807) is 0 Å². The summed E-state index contributed by atoms with van der Waals surface area (Å²) in [6.07, 6.45) is 0.659. The van der Waals surface area contributed by atoms with E-state index in [0.29, 0.717) is 0 Å². The Balaban J connectivity index is 2.11. The zero-order valence-electron chi connectivity index (χ0n) is 12.3. The van der Waals surface area contributed by atoms with Gasteiger partial charge in [-0.3, -0.25) is 4.79 Å². The van der Waals surface area contributed by atoms with E-state index in [0.717, 1.165) is 18.9 Å². The molecule has 1 aromatic rings. The monoisotopic (exact) mass is 329 g/mol. The molecule has 5 nitrogen and oxygen atoms in total. The number of hydrogen-bond donors (Lipinski definition) is 1. The van der Waals surface area contributed by atoms with Crippen LogP contribution in [-0.4, -0.2) is 40.1 Å². The van der Waals surface area contributed by atoms with Crippen LogP contribution >= 0.6 is 11.6 Å². The van der Waals surface area contributed by atoms with Gasteiger partial charge < -0.3 is 14.7 Å². The molecule has 0 bridgehead atoms. The maximum Gasteiger partial charge on any atom is 0.326 e. The van der Waals surface area contributed by atoms with Crippen LogP contribution in [0.1, 0.15) is 26.7 Å². The molecule has 0 aliphatic heterocycles. The second-order valence-electron chi connectivity index (χ2n) is 5.33. The van der Waals surface area contributed by atoms with Crippen LogP contribution in [0.4, 0.5) is 4.39 Å². The summed E-state index contributed by atoms with van der Waals surface area (Å²) in [5.41, 5.74) is 0. The van der Waals surface area contributed by atoms with Crippen LogP contribution in [0.25, 0.3) is 0 Å². The molecule has 2 atom stereocenters. The molecule has 0 saturated heterocycles. The fourth-order valence-corrected chi connectivity index (χ4v) is 2.39. The molecular formula is C15H17ClFNO4. The molecule has 2 unspecified atom stereocenters. The number of carbonyl (C=O) groups is 2. The number of hydrogen-bond acceptors (Lipinski definition) is 3. The van der Waals surface area contributed by atoms with E-state index in [1.165, 1.54) is 30.9 Å². The second kappa shape index (κ2) is 6.52. The van der Waals surface area contributed by atoms with Gasteiger partial charge in [0.15, 0.2) is 6.10 Å². The maximum absolute atomic E-state index is 13.0. The van der Waals surface area contributed by atoms with Crippen LogP contribution in [0, 0.1) is 5.82 Å². The van der Waals surface area contributed by atoms with Gasteiger partial charge in [0.2, 0.25) is 0 Å². The molecule has 1 saturated carbocycles. The van der Waals surface area contributed by atoms with E-state index < -0.39 is 29.8 Å². The summed E-state index contributed by atoms with van der Waals surface area (Å²) in [6, 6.07) is 2.62. The van der Waals surface area contributed by atoms with Crippen molar-refractivity contribution in [1.82, 2.24) is 4.90 Å². The minimum atomic E-state index is -1.06. The van der Waals surface area contributed by atoms with Crippen LogP contribution < -0.4 is 4.74 Å². The number of aliphatic carboxylic acids is 1. The summed E-state index contributed by atoms with van der Waals surface area (Å²) >= 11 is 5.86. The predicted molar refractivity (Wildman–Crippen MR) is 78.5 cm³/mol. The van der Waals surface area contributed by atoms with Crippen molar-refractivity contribution in [3.8, 4) is 5.75 Å². The second-order valence-corrected chi connectivity index (χ2v) is 5.73. The molecule has 0 aromatic heterocycles. The number of carbonyl (C=O) groups excluding carboxylic acids is 1. The lowest BCUT2D eigenvalue weighted by atomic mass is 10.2. The summed E-state index contributed by atoms with van der Waals surface area (Å²) in [4.78, 5) is 25.0. The Bertz CT molecular complexity index is 591. The Morgan fingerprint density at radius 1 is 1.41 bits per heavy atom. The van der Waals surface area contributed by atoms with E-state index >= 15 is 0 Å². The highest BCUT2D eigenvalue weighted by atomic mass is 35.5. The minimum absolute atomic E-state index is 0.0592. The van der Waals surface area contributed by atoms with E-state index in [2.05, 4.69) is 0 Å². The number of benzene rings is 1. The predicted octanol–water partition coefficient (Wildman–Crippen LogP) is 2.71. The zero-order chi connectivity index (χ0) is 16.4. The summed E-state index contributed by atoms with van der Waals surface area (Å²) < 4.78 is 18.5. The van der Waals surface area contributed by atoms with Crippen molar-refractivity contribution in [3.05, 3.63) is 29.0 Å². The van der Waals surface area contributed by atoms with Crippen molar-refractivity contribution >= 4 is 23.5 Å². The lowest BCUT2D eigenvalue weighted by molar-refractivity contribution is -0.153. The van der Waals surface area contributed by atoms with Gasteiger partial charge in [0.1, 0.15) is 17.6 Å². The third kappa shape index (κ3) is 3.68. The first-order valence-electron chi connectivity index (χ1n) is 6.98. The van der Waals surface area contributed by atoms with Gasteiger partial charge in [-0.25, -0.2) is 9.18 Å². The van der Waals surface area contributed by atoms with Gasteiger partial charge in [0.25, 0.3) is 5.91 Å². The van der Waals surface area contributed by atoms with Crippen molar-refractivity contribution in [1.29, 1.82) is 0 Å². The van der Waals surface area contributed by atoms with E-state index in [9.17, 15) is 14.0 Å². The Hall–Kier alpha value is -1.82. The lowest BCUT2D eigenvalue weighted by Gasteiger charge is -2.29. The van der Waals surface area contributed by atoms with Crippen molar-refractivity contribution in [3.63, 3.8) is 0 Å². The Morgan fingerprint density at radius 2 is 2.05 bits per heavy atom. The highest BCUT2D eigenvalue weighted by molar-refractivity contribution is 6.32. The van der Waals surface area contributed by atoms with Crippen molar-refractivity contribution in [2.75, 3.05) is 0 Å². The summed E-state index contributed by atoms with van der Waals surface area (Å²) in [7, 11) is 0. The van der Waals surface area contributed by atoms with Crippen LogP contribution in [0.2, 0.25) is 5.02 Å². The van der Waals surface area contributed by atoms with E-state index in [-0.39, 0.29) is 16.8 Å². The molecule has 22 heavy (non-hydrogen) atoms. The standard InChI is InChI=1S/C15H17ClFNO4/c1-8(15(20)21)18(11-4-5-11)14(19)9(2)22-13-6-3-10(17)7-12(13)16/h3,6-9,11H,4-5H2,1-2H3,(H,20,21). The fraction of sp³-hybridized carbons (Fsp3) is 0.467. The van der Waals surface area contributed by atoms with E-state index in [4.69, 9.17) is 21.4 Å².